The summed E-state index contributed by atoms with van der Waals surface area (Å²) >= 11 is 6.23. The number of likely N-dealkylation sites (tertiary alicyclic amines) is 1. The van der Waals surface area contributed by atoms with Gasteiger partial charge in [-0.25, -0.2) is 0 Å². The van der Waals surface area contributed by atoms with Crippen molar-refractivity contribution in [3.63, 3.8) is 0 Å². The Morgan fingerprint density at radius 1 is 1.13 bits per heavy atom. The molecule has 2 heterocycles. The largest absolute Gasteiger partial charge is 0.490 e. The topological polar surface area (TPSA) is 77.7 Å². The number of halogens is 1. The predicted octanol–water partition coefficient (Wildman–Crippen LogP) is 4.70. The molecular weight excluding hydrogens is 418 g/mol. The van der Waals surface area contributed by atoms with Gasteiger partial charge in [0, 0.05) is 25.1 Å². The van der Waals surface area contributed by atoms with Crippen LogP contribution in [0.2, 0.25) is 5.02 Å². The molecule has 0 saturated carbocycles. The van der Waals surface area contributed by atoms with E-state index in [0.717, 1.165) is 5.56 Å². The summed E-state index contributed by atoms with van der Waals surface area (Å²) in [4.78, 5) is 18.9. The van der Waals surface area contributed by atoms with Crippen LogP contribution >= 0.6 is 11.6 Å². The van der Waals surface area contributed by atoms with Gasteiger partial charge in [0.1, 0.15) is 0 Å². The Bertz CT molecular complexity index is 1070. The van der Waals surface area contributed by atoms with Crippen LogP contribution in [0.5, 0.6) is 11.5 Å². The zero-order valence-electron chi connectivity index (χ0n) is 17.5. The first kappa shape index (κ1) is 21.2. The zero-order valence-corrected chi connectivity index (χ0v) is 18.3. The highest BCUT2D eigenvalue weighted by Gasteiger charge is 2.34. The lowest BCUT2D eigenvalue weighted by Gasteiger charge is -2.18. The van der Waals surface area contributed by atoms with Crippen molar-refractivity contribution in [2.75, 3.05) is 19.8 Å². The Morgan fingerprint density at radius 2 is 1.90 bits per heavy atom. The number of nitrogens with zero attached hydrogens (tertiary/aromatic N) is 3. The number of carbonyl (C=O) groups is 1. The summed E-state index contributed by atoms with van der Waals surface area (Å²) in [7, 11) is 0. The van der Waals surface area contributed by atoms with E-state index in [1.54, 1.807) is 11.0 Å². The number of carbonyl (C=O) groups excluding carboxylic acids is 1. The molecule has 0 bridgehead atoms. The van der Waals surface area contributed by atoms with Gasteiger partial charge in [-0.05, 0) is 43.7 Å². The van der Waals surface area contributed by atoms with Crippen LogP contribution in [0.25, 0.3) is 11.4 Å². The molecule has 2 aromatic carbocycles. The monoisotopic (exact) mass is 441 g/mol. The molecule has 1 amide bonds. The fourth-order valence-electron chi connectivity index (χ4n) is 3.66. The predicted molar refractivity (Wildman–Crippen MR) is 116 cm³/mol. The molecule has 1 aliphatic rings. The first-order valence-electron chi connectivity index (χ1n) is 10.3. The number of rotatable bonds is 8. The Morgan fingerprint density at radius 3 is 2.68 bits per heavy atom. The molecule has 4 rings (SSSR count). The van der Waals surface area contributed by atoms with Crippen molar-refractivity contribution in [1.29, 1.82) is 0 Å². The van der Waals surface area contributed by atoms with Crippen LogP contribution in [0.3, 0.4) is 0 Å². The number of hydrogen-bond acceptors (Lipinski definition) is 6. The summed E-state index contributed by atoms with van der Waals surface area (Å²) in [5.74, 6) is 2.18. The second-order valence-corrected chi connectivity index (χ2v) is 7.67. The molecule has 3 aromatic rings. The number of benzene rings is 2. The van der Waals surface area contributed by atoms with E-state index in [2.05, 4.69) is 10.1 Å². The molecule has 1 saturated heterocycles. The van der Waals surface area contributed by atoms with Gasteiger partial charge in [-0.3, -0.25) is 4.79 Å². The molecule has 0 radical (unpaired) electrons. The highest BCUT2D eigenvalue weighted by Crippen LogP contribution is 2.33. The summed E-state index contributed by atoms with van der Waals surface area (Å²) in [5.41, 5.74) is 1.68. The van der Waals surface area contributed by atoms with Crippen LogP contribution in [0.1, 0.15) is 37.6 Å². The van der Waals surface area contributed by atoms with E-state index in [4.69, 9.17) is 25.6 Å². The molecule has 8 heteroatoms. The maximum absolute atomic E-state index is 12.6. The van der Waals surface area contributed by atoms with E-state index in [1.807, 2.05) is 50.2 Å². The fourth-order valence-corrected chi connectivity index (χ4v) is 3.88. The van der Waals surface area contributed by atoms with Gasteiger partial charge in [-0.15, -0.1) is 0 Å². The van der Waals surface area contributed by atoms with Crippen LogP contribution in [0.4, 0.5) is 0 Å². The molecule has 0 aliphatic carbocycles. The lowest BCUT2D eigenvalue weighted by atomic mass is 10.1. The Kier molecular flexibility index (Phi) is 6.42. The van der Waals surface area contributed by atoms with Gasteiger partial charge in [0.15, 0.2) is 11.5 Å². The van der Waals surface area contributed by atoms with Crippen LogP contribution < -0.4 is 9.47 Å². The Hall–Kier alpha value is -3.06. The van der Waals surface area contributed by atoms with Gasteiger partial charge in [-0.2, -0.15) is 4.98 Å². The van der Waals surface area contributed by atoms with Crippen molar-refractivity contribution in [2.24, 2.45) is 0 Å². The summed E-state index contributed by atoms with van der Waals surface area (Å²) in [6, 6.07) is 13.1. The Balaban J connectivity index is 1.47. The second-order valence-electron chi connectivity index (χ2n) is 7.26. The molecule has 1 fully saturated rings. The molecule has 1 aliphatic heterocycles. The van der Waals surface area contributed by atoms with Gasteiger partial charge in [0.2, 0.25) is 17.6 Å². The number of hydrogen-bond donors (Lipinski definition) is 0. The average molecular weight is 442 g/mol. The van der Waals surface area contributed by atoms with Gasteiger partial charge in [0.25, 0.3) is 0 Å². The normalized spacial score (nSPS) is 16.0. The van der Waals surface area contributed by atoms with Crippen molar-refractivity contribution in [3.05, 3.63) is 58.9 Å². The minimum Gasteiger partial charge on any atom is -0.490 e. The highest BCUT2D eigenvalue weighted by molar-refractivity contribution is 6.33. The first-order valence-corrected chi connectivity index (χ1v) is 10.7. The van der Waals surface area contributed by atoms with Gasteiger partial charge in [0.05, 0.1) is 24.2 Å². The van der Waals surface area contributed by atoms with Crippen molar-refractivity contribution < 1.29 is 18.8 Å². The lowest BCUT2D eigenvalue weighted by Crippen LogP contribution is -2.24. The fraction of sp³-hybridized carbons (Fsp3) is 0.348. The third-order valence-corrected chi connectivity index (χ3v) is 5.43. The molecule has 1 unspecified atom stereocenters. The third kappa shape index (κ3) is 4.66. The Labute approximate surface area is 185 Å². The SMILES string of the molecule is CCOc1ccc(CN2CC(c3nc(-c4ccccc4Cl)no3)CC2=O)cc1OCC. The quantitative estimate of drug-likeness (QED) is 0.504. The molecule has 31 heavy (non-hydrogen) atoms. The van der Waals surface area contributed by atoms with Crippen LogP contribution in [0.15, 0.2) is 47.0 Å². The van der Waals surface area contributed by atoms with E-state index in [1.165, 1.54) is 0 Å². The molecule has 0 spiro atoms. The van der Waals surface area contributed by atoms with Crippen molar-refractivity contribution in [3.8, 4) is 22.9 Å². The average Bonchev–Trinajstić information content (AvgIpc) is 3.38. The second kappa shape index (κ2) is 9.39. The number of aromatic nitrogens is 2. The van der Waals surface area contributed by atoms with Gasteiger partial charge >= 0.3 is 0 Å². The molecule has 0 N–H and O–H groups in total. The molecule has 1 atom stereocenters. The van der Waals surface area contributed by atoms with Crippen molar-refractivity contribution >= 4 is 17.5 Å². The minimum atomic E-state index is -0.148. The van der Waals surface area contributed by atoms with Crippen molar-refractivity contribution in [1.82, 2.24) is 15.0 Å². The maximum Gasteiger partial charge on any atom is 0.232 e. The van der Waals surface area contributed by atoms with E-state index in [-0.39, 0.29) is 11.8 Å². The number of ether oxygens (including phenoxy) is 2. The number of amides is 1. The molecule has 7 nitrogen and oxygen atoms in total. The first-order chi connectivity index (χ1) is 15.1. The van der Waals surface area contributed by atoms with Crippen LogP contribution in [-0.2, 0) is 11.3 Å². The summed E-state index contributed by atoms with van der Waals surface area (Å²) in [6.45, 7) is 5.96. The smallest absolute Gasteiger partial charge is 0.232 e. The van der Waals surface area contributed by atoms with E-state index < -0.39 is 0 Å². The minimum absolute atomic E-state index is 0.0503. The standard InChI is InChI=1S/C23H24ClN3O4/c1-3-29-19-10-9-15(11-20(19)30-4-2)13-27-14-16(12-21(27)28)23-25-22(26-31-23)17-7-5-6-8-18(17)24/h5-11,16H,3-4,12-14H2,1-2H3. The molecule has 1 aromatic heterocycles. The molecule has 162 valence electrons. The lowest BCUT2D eigenvalue weighted by molar-refractivity contribution is -0.128. The zero-order chi connectivity index (χ0) is 21.8. The van der Waals surface area contributed by atoms with Crippen LogP contribution in [-0.4, -0.2) is 40.7 Å². The summed E-state index contributed by atoms with van der Waals surface area (Å²) in [5, 5.41) is 4.61. The van der Waals surface area contributed by atoms with E-state index >= 15 is 0 Å². The summed E-state index contributed by atoms with van der Waals surface area (Å²) < 4.78 is 16.8. The van der Waals surface area contributed by atoms with Crippen LogP contribution in [0, 0.1) is 0 Å². The van der Waals surface area contributed by atoms with Gasteiger partial charge < -0.3 is 18.9 Å². The van der Waals surface area contributed by atoms with E-state index in [0.29, 0.717) is 66.5 Å². The molecular formula is C23H24ClN3O4. The van der Waals surface area contributed by atoms with Gasteiger partial charge in [-0.1, -0.05) is 35.0 Å². The highest BCUT2D eigenvalue weighted by atomic mass is 35.5. The third-order valence-electron chi connectivity index (χ3n) is 5.10. The van der Waals surface area contributed by atoms with E-state index in [9.17, 15) is 4.79 Å². The van der Waals surface area contributed by atoms with Crippen molar-refractivity contribution in [2.45, 2.75) is 32.7 Å². The summed E-state index contributed by atoms with van der Waals surface area (Å²) in [6.07, 6.45) is 0.333. The maximum atomic E-state index is 12.6.